The number of rotatable bonds is 3. The quantitative estimate of drug-likeness (QED) is 0.826. The van der Waals surface area contributed by atoms with Crippen molar-refractivity contribution in [3.05, 3.63) is 63.7 Å². The molecule has 110 valence electrons. The highest BCUT2D eigenvalue weighted by Gasteiger charge is 2.20. The molecule has 1 unspecified atom stereocenters. The number of benzene rings is 2. The molecule has 0 amide bonds. The molecule has 1 aliphatic heterocycles. The van der Waals surface area contributed by atoms with E-state index in [2.05, 4.69) is 49.5 Å². The van der Waals surface area contributed by atoms with Crippen LogP contribution in [0.5, 0.6) is 0 Å². The molecule has 0 aliphatic carbocycles. The topological polar surface area (TPSA) is 12.0 Å². The number of fused-ring (bicyclic) bond motifs is 1. The zero-order valence-electron chi connectivity index (χ0n) is 12.4. The van der Waals surface area contributed by atoms with Gasteiger partial charge in [-0.25, -0.2) is 0 Å². The average Bonchev–Trinajstić information content (AvgIpc) is 2.48. The van der Waals surface area contributed by atoms with Crippen molar-refractivity contribution >= 4 is 23.4 Å². The second-order valence-electron chi connectivity index (χ2n) is 5.68. The van der Waals surface area contributed by atoms with Crippen molar-refractivity contribution < 1.29 is 0 Å². The lowest BCUT2D eigenvalue weighted by Gasteiger charge is -2.26. The normalized spacial score (nSPS) is 17.6. The van der Waals surface area contributed by atoms with Crippen LogP contribution in [-0.2, 0) is 6.54 Å². The second kappa shape index (κ2) is 6.43. The third-order valence-electron chi connectivity index (χ3n) is 4.05. The standard InChI is InChI=1S/C18H20ClNS/c1-12-3-4-13(2)14(9-12)11-20-17-7-8-21-18-6-5-15(19)10-16(17)18/h3-6,9-10,17,20H,7-8,11H2,1-2H3. The Hall–Kier alpha value is -0.960. The third kappa shape index (κ3) is 3.45. The molecule has 0 spiro atoms. The molecule has 0 saturated carbocycles. The van der Waals surface area contributed by atoms with Gasteiger partial charge in [0.25, 0.3) is 0 Å². The van der Waals surface area contributed by atoms with Crippen molar-refractivity contribution in [2.45, 2.75) is 37.8 Å². The Bertz CT molecular complexity index is 654. The van der Waals surface area contributed by atoms with Crippen LogP contribution >= 0.6 is 23.4 Å². The maximum atomic E-state index is 6.17. The highest BCUT2D eigenvalue weighted by molar-refractivity contribution is 7.99. The van der Waals surface area contributed by atoms with Gasteiger partial charge >= 0.3 is 0 Å². The van der Waals surface area contributed by atoms with E-state index in [1.165, 1.54) is 32.9 Å². The molecule has 0 bridgehead atoms. The number of hydrogen-bond acceptors (Lipinski definition) is 2. The van der Waals surface area contributed by atoms with E-state index in [9.17, 15) is 0 Å². The monoisotopic (exact) mass is 317 g/mol. The molecule has 1 aliphatic rings. The van der Waals surface area contributed by atoms with Gasteiger partial charge in [0.2, 0.25) is 0 Å². The fourth-order valence-electron chi connectivity index (χ4n) is 2.80. The van der Waals surface area contributed by atoms with Gasteiger partial charge in [-0.05, 0) is 60.9 Å². The Morgan fingerprint density at radius 2 is 2.05 bits per heavy atom. The lowest BCUT2D eigenvalue weighted by Crippen LogP contribution is -2.24. The van der Waals surface area contributed by atoms with Gasteiger partial charge in [0, 0.05) is 22.5 Å². The maximum Gasteiger partial charge on any atom is 0.0410 e. The van der Waals surface area contributed by atoms with Crippen LogP contribution in [0.2, 0.25) is 5.02 Å². The van der Waals surface area contributed by atoms with Gasteiger partial charge < -0.3 is 5.32 Å². The molecule has 0 aromatic heterocycles. The molecule has 0 radical (unpaired) electrons. The largest absolute Gasteiger partial charge is 0.306 e. The van der Waals surface area contributed by atoms with Gasteiger partial charge in [0.15, 0.2) is 0 Å². The zero-order valence-corrected chi connectivity index (χ0v) is 14.0. The number of hydrogen-bond donors (Lipinski definition) is 1. The van der Waals surface area contributed by atoms with E-state index < -0.39 is 0 Å². The summed E-state index contributed by atoms with van der Waals surface area (Å²) < 4.78 is 0. The molecule has 1 heterocycles. The summed E-state index contributed by atoms with van der Waals surface area (Å²) in [5, 5.41) is 4.55. The van der Waals surface area contributed by atoms with Crippen LogP contribution in [0.15, 0.2) is 41.3 Å². The molecule has 0 saturated heterocycles. The maximum absolute atomic E-state index is 6.17. The minimum absolute atomic E-state index is 0.403. The third-order valence-corrected chi connectivity index (χ3v) is 5.41. The molecule has 21 heavy (non-hydrogen) atoms. The second-order valence-corrected chi connectivity index (χ2v) is 7.26. The Balaban J connectivity index is 1.78. The summed E-state index contributed by atoms with van der Waals surface area (Å²) >= 11 is 8.10. The summed E-state index contributed by atoms with van der Waals surface area (Å²) in [5.41, 5.74) is 5.41. The van der Waals surface area contributed by atoms with Crippen molar-refractivity contribution in [2.24, 2.45) is 0 Å². The van der Waals surface area contributed by atoms with Crippen LogP contribution in [-0.4, -0.2) is 5.75 Å². The predicted octanol–water partition coefficient (Wildman–Crippen LogP) is 5.28. The number of nitrogens with one attached hydrogen (secondary N) is 1. The number of thioether (sulfide) groups is 1. The fraction of sp³-hybridized carbons (Fsp3) is 0.333. The first-order chi connectivity index (χ1) is 10.1. The Morgan fingerprint density at radius 1 is 1.19 bits per heavy atom. The first kappa shape index (κ1) is 15.0. The predicted molar refractivity (Wildman–Crippen MR) is 92.3 cm³/mol. The van der Waals surface area contributed by atoms with Gasteiger partial charge in [-0.2, -0.15) is 0 Å². The first-order valence-corrected chi connectivity index (χ1v) is 8.71. The Kier molecular flexibility index (Phi) is 4.58. The molecule has 1 nitrogen and oxygen atoms in total. The summed E-state index contributed by atoms with van der Waals surface area (Å²) in [5.74, 6) is 1.17. The molecular formula is C18H20ClNS. The lowest BCUT2D eigenvalue weighted by atomic mass is 10.0. The van der Waals surface area contributed by atoms with E-state index in [0.29, 0.717) is 6.04 Å². The van der Waals surface area contributed by atoms with Crippen molar-refractivity contribution in [3.8, 4) is 0 Å². The van der Waals surface area contributed by atoms with Crippen LogP contribution in [0.3, 0.4) is 0 Å². The van der Waals surface area contributed by atoms with Crippen LogP contribution in [0.25, 0.3) is 0 Å². The van der Waals surface area contributed by atoms with E-state index in [0.717, 1.165) is 18.0 Å². The van der Waals surface area contributed by atoms with Crippen LogP contribution in [0, 0.1) is 13.8 Å². The van der Waals surface area contributed by atoms with Gasteiger partial charge in [-0.3, -0.25) is 0 Å². The van der Waals surface area contributed by atoms with E-state index in [4.69, 9.17) is 11.6 Å². The molecule has 3 heteroatoms. The van der Waals surface area contributed by atoms with Gasteiger partial charge in [0.1, 0.15) is 0 Å². The minimum Gasteiger partial charge on any atom is -0.306 e. The van der Waals surface area contributed by atoms with E-state index in [-0.39, 0.29) is 0 Å². The highest BCUT2D eigenvalue weighted by Crippen LogP contribution is 2.37. The van der Waals surface area contributed by atoms with Crippen LogP contribution < -0.4 is 5.32 Å². The molecular weight excluding hydrogens is 298 g/mol. The molecule has 2 aromatic rings. The van der Waals surface area contributed by atoms with Crippen molar-refractivity contribution in [1.29, 1.82) is 0 Å². The number of halogens is 1. The summed E-state index contributed by atoms with van der Waals surface area (Å²) in [7, 11) is 0. The van der Waals surface area contributed by atoms with E-state index >= 15 is 0 Å². The Morgan fingerprint density at radius 3 is 2.90 bits per heavy atom. The van der Waals surface area contributed by atoms with Gasteiger partial charge in [-0.15, -0.1) is 11.8 Å². The Labute approximate surface area is 136 Å². The average molecular weight is 318 g/mol. The van der Waals surface area contributed by atoms with Crippen LogP contribution in [0.4, 0.5) is 0 Å². The SMILES string of the molecule is Cc1ccc(C)c(CNC2CCSc3ccc(Cl)cc32)c1. The van der Waals surface area contributed by atoms with Crippen molar-refractivity contribution in [3.63, 3.8) is 0 Å². The first-order valence-electron chi connectivity index (χ1n) is 7.35. The summed E-state index contributed by atoms with van der Waals surface area (Å²) in [6.45, 7) is 5.24. The van der Waals surface area contributed by atoms with Crippen molar-refractivity contribution in [2.75, 3.05) is 5.75 Å². The molecule has 0 fully saturated rings. The summed E-state index contributed by atoms with van der Waals surface area (Å²) in [4.78, 5) is 1.36. The molecule has 2 aromatic carbocycles. The smallest absolute Gasteiger partial charge is 0.0410 e. The fourth-order valence-corrected chi connectivity index (χ4v) is 4.09. The van der Waals surface area contributed by atoms with Gasteiger partial charge in [-0.1, -0.05) is 35.4 Å². The lowest BCUT2D eigenvalue weighted by molar-refractivity contribution is 0.509. The minimum atomic E-state index is 0.403. The van der Waals surface area contributed by atoms with E-state index in [1.54, 1.807) is 0 Å². The molecule has 1 N–H and O–H groups in total. The summed E-state index contributed by atoms with van der Waals surface area (Å²) in [6, 6.07) is 13.3. The number of aryl methyl sites for hydroxylation is 2. The summed E-state index contributed by atoms with van der Waals surface area (Å²) in [6.07, 6.45) is 1.16. The molecule has 1 atom stereocenters. The highest BCUT2D eigenvalue weighted by atomic mass is 35.5. The zero-order chi connectivity index (χ0) is 14.8. The van der Waals surface area contributed by atoms with E-state index in [1.807, 2.05) is 17.8 Å². The van der Waals surface area contributed by atoms with Crippen LogP contribution in [0.1, 0.15) is 34.7 Å². The van der Waals surface area contributed by atoms with Gasteiger partial charge in [0.05, 0.1) is 0 Å². The van der Waals surface area contributed by atoms with Crippen molar-refractivity contribution in [1.82, 2.24) is 5.32 Å². The molecule has 3 rings (SSSR count).